The van der Waals surface area contributed by atoms with Crippen molar-refractivity contribution in [1.29, 1.82) is 0 Å². The maximum atomic E-state index is 9.27. The molecule has 2 heterocycles. The number of hydrogen-bond donors (Lipinski definition) is 3. The van der Waals surface area contributed by atoms with Gasteiger partial charge in [0.1, 0.15) is 5.82 Å². The molecule has 28 heavy (non-hydrogen) atoms. The number of hydrogen-bond acceptors (Lipinski definition) is 7. The standard InChI is InChI=1S/C21H26N6O/c1-22-10-4-12-27(2)20-8-7-17(14-24-20)19-9-11-23-21(26-19)25-18-6-3-5-16(13-18)15-28/h3,5-9,11,13-14,22,28H,4,10,12,15H2,1-2H3,(H,23,25,26). The Bertz CT molecular complexity index is 884. The number of pyridine rings is 1. The lowest BCUT2D eigenvalue weighted by Gasteiger charge is -2.18. The molecule has 0 unspecified atom stereocenters. The van der Waals surface area contributed by atoms with Gasteiger partial charge in [-0.25, -0.2) is 15.0 Å². The third kappa shape index (κ3) is 5.25. The topological polar surface area (TPSA) is 86.2 Å². The van der Waals surface area contributed by atoms with Gasteiger partial charge in [0.15, 0.2) is 0 Å². The monoisotopic (exact) mass is 378 g/mol. The van der Waals surface area contributed by atoms with Crippen LogP contribution >= 0.6 is 0 Å². The molecule has 0 atom stereocenters. The number of benzene rings is 1. The number of rotatable bonds is 9. The first-order chi connectivity index (χ1) is 13.7. The summed E-state index contributed by atoms with van der Waals surface area (Å²) in [6.07, 6.45) is 4.62. The van der Waals surface area contributed by atoms with Gasteiger partial charge in [0.05, 0.1) is 12.3 Å². The summed E-state index contributed by atoms with van der Waals surface area (Å²) in [5.41, 5.74) is 3.40. The van der Waals surface area contributed by atoms with Crippen molar-refractivity contribution in [2.45, 2.75) is 13.0 Å². The van der Waals surface area contributed by atoms with Crippen LogP contribution in [0.5, 0.6) is 0 Å². The van der Waals surface area contributed by atoms with Gasteiger partial charge in [0.2, 0.25) is 5.95 Å². The molecule has 3 aromatic rings. The maximum absolute atomic E-state index is 9.27. The lowest BCUT2D eigenvalue weighted by molar-refractivity contribution is 0.282. The molecule has 0 aliphatic heterocycles. The zero-order chi connectivity index (χ0) is 19.8. The first-order valence-corrected chi connectivity index (χ1v) is 9.31. The normalized spacial score (nSPS) is 10.7. The van der Waals surface area contributed by atoms with Crippen molar-refractivity contribution in [2.75, 3.05) is 37.4 Å². The van der Waals surface area contributed by atoms with Crippen LogP contribution in [0.3, 0.4) is 0 Å². The van der Waals surface area contributed by atoms with Crippen molar-refractivity contribution >= 4 is 17.5 Å². The summed E-state index contributed by atoms with van der Waals surface area (Å²) in [6, 6.07) is 13.4. The zero-order valence-corrected chi connectivity index (χ0v) is 16.3. The van der Waals surface area contributed by atoms with Gasteiger partial charge >= 0.3 is 0 Å². The van der Waals surface area contributed by atoms with Gasteiger partial charge in [0.25, 0.3) is 0 Å². The molecule has 146 valence electrons. The van der Waals surface area contributed by atoms with Crippen LogP contribution in [0.15, 0.2) is 54.9 Å². The number of aromatic nitrogens is 3. The second kappa shape index (κ2) is 9.77. The summed E-state index contributed by atoms with van der Waals surface area (Å²) >= 11 is 0. The van der Waals surface area contributed by atoms with E-state index in [-0.39, 0.29) is 6.61 Å². The number of nitrogens with zero attached hydrogens (tertiary/aromatic N) is 4. The van der Waals surface area contributed by atoms with Crippen LogP contribution in [-0.2, 0) is 6.61 Å². The molecule has 2 aromatic heterocycles. The van der Waals surface area contributed by atoms with Crippen molar-refractivity contribution in [3.8, 4) is 11.3 Å². The Morgan fingerprint density at radius 2 is 2.00 bits per heavy atom. The molecule has 0 amide bonds. The fourth-order valence-corrected chi connectivity index (χ4v) is 2.83. The van der Waals surface area contributed by atoms with Gasteiger partial charge in [-0.2, -0.15) is 0 Å². The van der Waals surface area contributed by atoms with Crippen LogP contribution < -0.4 is 15.5 Å². The Morgan fingerprint density at radius 3 is 2.75 bits per heavy atom. The largest absolute Gasteiger partial charge is 0.392 e. The number of aliphatic hydroxyl groups is 1. The van der Waals surface area contributed by atoms with E-state index in [2.05, 4.69) is 30.5 Å². The highest BCUT2D eigenvalue weighted by molar-refractivity contribution is 5.62. The van der Waals surface area contributed by atoms with E-state index in [9.17, 15) is 5.11 Å². The van der Waals surface area contributed by atoms with Gasteiger partial charge in [-0.05, 0) is 55.9 Å². The van der Waals surface area contributed by atoms with Crippen molar-refractivity contribution in [2.24, 2.45) is 0 Å². The summed E-state index contributed by atoms with van der Waals surface area (Å²) in [7, 11) is 4.01. The van der Waals surface area contributed by atoms with Crippen molar-refractivity contribution < 1.29 is 5.11 Å². The molecule has 0 aliphatic rings. The molecule has 3 N–H and O–H groups in total. The van der Waals surface area contributed by atoms with E-state index in [1.54, 1.807) is 6.20 Å². The molecule has 0 saturated heterocycles. The van der Waals surface area contributed by atoms with Gasteiger partial charge in [0, 0.05) is 37.2 Å². The third-order valence-electron chi connectivity index (χ3n) is 4.38. The molecule has 7 heteroatoms. The van der Waals surface area contributed by atoms with Crippen LogP contribution in [0.2, 0.25) is 0 Å². The first-order valence-electron chi connectivity index (χ1n) is 9.31. The predicted molar refractivity (Wildman–Crippen MR) is 113 cm³/mol. The van der Waals surface area contributed by atoms with E-state index in [4.69, 9.17) is 0 Å². The van der Waals surface area contributed by atoms with Crippen LogP contribution in [0, 0.1) is 0 Å². The number of nitrogens with one attached hydrogen (secondary N) is 2. The smallest absolute Gasteiger partial charge is 0.227 e. The summed E-state index contributed by atoms with van der Waals surface area (Å²) < 4.78 is 0. The van der Waals surface area contributed by atoms with Gasteiger partial charge in [-0.3, -0.25) is 0 Å². The van der Waals surface area contributed by atoms with E-state index in [1.807, 2.05) is 62.8 Å². The van der Waals surface area contributed by atoms with E-state index in [0.717, 1.165) is 47.8 Å². The quantitative estimate of drug-likeness (QED) is 0.494. The predicted octanol–water partition coefficient (Wildman–Crippen LogP) is 2.82. The van der Waals surface area contributed by atoms with E-state index in [0.29, 0.717) is 5.95 Å². The zero-order valence-electron chi connectivity index (χ0n) is 16.3. The molecule has 3 rings (SSSR count). The molecule has 7 nitrogen and oxygen atoms in total. The van der Waals surface area contributed by atoms with Gasteiger partial charge < -0.3 is 20.6 Å². The van der Waals surface area contributed by atoms with Crippen molar-refractivity contribution in [1.82, 2.24) is 20.3 Å². The van der Waals surface area contributed by atoms with E-state index < -0.39 is 0 Å². The lowest BCUT2D eigenvalue weighted by Crippen LogP contribution is -2.22. The Morgan fingerprint density at radius 1 is 1.11 bits per heavy atom. The molecular weight excluding hydrogens is 352 g/mol. The Hall–Kier alpha value is -3.03. The minimum Gasteiger partial charge on any atom is -0.392 e. The van der Waals surface area contributed by atoms with Crippen molar-refractivity contribution in [3.63, 3.8) is 0 Å². The second-order valence-corrected chi connectivity index (χ2v) is 6.53. The highest BCUT2D eigenvalue weighted by atomic mass is 16.3. The summed E-state index contributed by atoms with van der Waals surface area (Å²) in [5.74, 6) is 1.44. The van der Waals surface area contributed by atoms with Gasteiger partial charge in [-0.15, -0.1) is 0 Å². The SMILES string of the molecule is CNCCCN(C)c1ccc(-c2ccnc(Nc3cccc(CO)c3)n2)cn1. The molecule has 0 saturated carbocycles. The lowest BCUT2D eigenvalue weighted by atomic mass is 10.2. The molecule has 0 spiro atoms. The summed E-state index contributed by atoms with van der Waals surface area (Å²) in [5, 5.41) is 15.6. The summed E-state index contributed by atoms with van der Waals surface area (Å²) in [4.78, 5) is 15.6. The van der Waals surface area contributed by atoms with Crippen LogP contribution in [0.25, 0.3) is 11.3 Å². The fraction of sp³-hybridized carbons (Fsp3) is 0.286. The Balaban J connectivity index is 1.71. The van der Waals surface area contributed by atoms with Gasteiger partial charge in [-0.1, -0.05) is 12.1 Å². The van der Waals surface area contributed by atoms with Crippen LogP contribution in [-0.4, -0.2) is 47.2 Å². The van der Waals surface area contributed by atoms with Crippen LogP contribution in [0.1, 0.15) is 12.0 Å². The number of anilines is 3. The average molecular weight is 378 g/mol. The van der Waals surface area contributed by atoms with Crippen LogP contribution in [0.4, 0.5) is 17.5 Å². The third-order valence-corrected chi connectivity index (χ3v) is 4.38. The van der Waals surface area contributed by atoms with Crippen molar-refractivity contribution in [3.05, 3.63) is 60.4 Å². The first kappa shape index (κ1) is 19.7. The molecule has 0 fully saturated rings. The average Bonchev–Trinajstić information content (AvgIpc) is 2.74. The Kier molecular flexibility index (Phi) is 6.89. The second-order valence-electron chi connectivity index (χ2n) is 6.53. The highest BCUT2D eigenvalue weighted by Crippen LogP contribution is 2.21. The summed E-state index contributed by atoms with van der Waals surface area (Å²) in [6.45, 7) is 1.93. The maximum Gasteiger partial charge on any atom is 0.227 e. The van der Waals surface area contributed by atoms with E-state index in [1.165, 1.54) is 0 Å². The molecule has 0 radical (unpaired) electrons. The minimum atomic E-state index is -0.00215. The minimum absolute atomic E-state index is 0.00215. The molecular formula is C21H26N6O. The fourth-order valence-electron chi connectivity index (χ4n) is 2.83. The molecule has 1 aromatic carbocycles. The van der Waals surface area contributed by atoms with E-state index >= 15 is 0 Å². The molecule has 0 aliphatic carbocycles. The Labute approximate surface area is 165 Å². The molecule has 0 bridgehead atoms. The highest BCUT2D eigenvalue weighted by Gasteiger charge is 2.06. The number of aliphatic hydroxyl groups excluding tert-OH is 1.